The van der Waals surface area contributed by atoms with Gasteiger partial charge in [0.15, 0.2) is 5.79 Å². The van der Waals surface area contributed by atoms with Gasteiger partial charge < -0.3 is 14.6 Å². The van der Waals surface area contributed by atoms with Crippen LogP contribution in [0.4, 0.5) is 0 Å². The van der Waals surface area contributed by atoms with Crippen LogP contribution in [0.2, 0.25) is 0 Å². The SMILES string of the molecule is C=CCCC(O)C(C)(C)[C@@H]1CCOC(C)(C)O1. The van der Waals surface area contributed by atoms with Gasteiger partial charge in [0.2, 0.25) is 0 Å². The number of aliphatic hydroxyl groups excluding tert-OH is 1. The molecule has 2 atom stereocenters. The van der Waals surface area contributed by atoms with Crippen molar-refractivity contribution in [2.75, 3.05) is 6.61 Å². The topological polar surface area (TPSA) is 38.7 Å². The molecule has 1 N–H and O–H groups in total. The normalized spacial score (nSPS) is 26.5. The van der Waals surface area contributed by atoms with E-state index in [2.05, 4.69) is 20.4 Å². The van der Waals surface area contributed by atoms with Gasteiger partial charge in [-0.2, -0.15) is 0 Å². The Labute approximate surface area is 105 Å². The molecule has 0 aromatic heterocycles. The first-order chi connectivity index (χ1) is 7.79. The molecule has 0 aromatic rings. The largest absolute Gasteiger partial charge is 0.392 e. The van der Waals surface area contributed by atoms with Gasteiger partial charge in [-0.05, 0) is 33.1 Å². The summed E-state index contributed by atoms with van der Waals surface area (Å²) in [6, 6.07) is 0. The Bertz CT molecular complexity index is 258. The maximum atomic E-state index is 10.3. The van der Waals surface area contributed by atoms with Crippen molar-refractivity contribution in [3.8, 4) is 0 Å². The van der Waals surface area contributed by atoms with Gasteiger partial charge in [0, 0.05) is 5.41 Å². The van der Waals surface area contributed by atoms with Crippen molar-refractivity contribution in [1.29, 1.82) is 0 Å². The van der Waals surface area contributed by atoms with Crippen LogP contribution in [-0.2, 0) is 9.47 Å². The van der Waals surface area contributed by atoms with E-state index < -0.39 is 5.79 Å². The summed E-state index contributed by atoms with van der Waals surface area (Å²) in [5.41, 5.74) is -0.260. The second kappa shape index (κ2) is 5.51. The first-order valence-corrected chi connectivity index (χ1v) is 6.40. The molecule has 0 bridgehead atoms. The Morgan fingerprint density at radius 3 is 2.71 bits per heavy atom. The van der Waals surface area contributed by atoms with Crippen LogP contribution in [0.3, 0.4) is 0 Å². The molecule has 1 unspecified atom stereocenters. The third-order valence-corrected chi connectivity index (χ3v) is 3.59. The molecule has 1 saturated heterocycles. The smallest absolute Gasteiger partial charge is 0.163 e. The molecule has 0 radical (unpaired) electrons. The fraction of sp³-hybridized carbons (Fsp3) is 0.857. The molecule has 0 amide bonds. The van der Waals surface area contributed by atoms with E-state index in [1.165, 1.54) is 0 Å². The average molecular weight is 242 g/mol. The lowest BCUT2D eigenvalue weighted by Crippen LogP contribution is -2.50. The minimum atomic E-state index is -0.543. The summed E-state index contributed by atoms with van der Waals surface area (Å²) in [5, 5.41) is 10.3. The standard InChI is InChI=1S/C14H26O3/c1-6-7-8-11(15)13(2,3)12-9-10-16-14(4,5)17-12/h6,11-12,15H,1,7-10H2,2-5H3/t11?,12-/m0/s1. The van der Waals surface area contributed by atoms with Gasteiger partial charge >= 0.3 is 0 Å². The molecular formula is C14H26O3. The molecule has 0 saturated carbocycles. The van der Waals surface area contributed by atoms with Gasteiger partial charge in [0.25, 0.3) is 0 Å². The van der Waals surface area contributed by atoms with Gasteiger partial charge in [-0.15, -0.1) is 6.58 Å². The van der Waals surface area contributed by atoms with E-state index in [0.29, 0.717) is 6.61 Å². The lowest BCUT2D eigenvalue weighted by molar-refractivity contribution is -0.298. The molecule has 3 heteroatoms. The Morgan fingerprint density at radius 1 is 1.53 bits per heavy atom. The summed E-state index contributed by atoms with van der Waals surface area (Å²) < 4.78 is 11.5. The minimum Gasteiger partial charge on any atom is -0.392 e. The predicted molar refractivity (Wildman–Crippen MR) is 68.7 cm³/mol. The van der Waals surface area contributed by atoms with Crippen molar-refractivity contribution in [2.24, 2.45) is 5.41 Å². The molecule has 1 heterocycles. The summed E-state index contributed by atoms with van der Waals surface area (Å²) in [6.07, 6.45) is 3.90. The summed E-state index contributed by atoms with van der Waals surface area (Å²) in [5.74, 6) is -0.543. The van der Waals surface area contributed by atoms with Crippen molar-refractivity contribution in [1.82, 2.24) is 0 Å². The first kappa shape index (κ1) is 14.7. The highest BCUT2D eigenvalue weighted by molar-refractivity contribution is 4.89. The van der Waals surface area contributed by atoms with Crippen LogP contribution in [0.25, 0.3) is 0 Å². The van der Waals surface area contributed by atoms with Crippen molar-refractivity contribution in [2.45, 2.75) is 65.0 Å². The lowest BCUT2D eigenvalue weighted by Gasteiger charge is -2.45. The Balaban J connectivity index is 2.64. The number of aliphatic hydroxyl groups is 1. The third-order valence-electron chi connectivity index (χ3n) is 3.59. The molecule has 1 aliphatic heterocycles. The van der Waals surface area contributed by atoms with Crippen LogP contribution in [0, 0.1) is 5.41 Å². The molecule has 0 spiro atoms. The third kappa shape index (κ3) is 3.80. The van der Waals surface area contributed by atoms with Gasteiger partial charge in [-0.1, -0.05) is 19.9 Å². The van der Waals surface area contributed by atoms with Crippen LogP contribution in [-0.4, -0.2) is 29.7 Å². The van der Waals surface area contributed by atoms with E-state index in [1.807, 2.05) is 19.9 Å². The monoisotopic (exact) mass is 242 g/mol. The van der Waals surface area contributed by atoms with Crippen LogP contribution in [0.1, 0.15) is 47.0 Å². The molecule has 1 aliphatic rings. The fourth-order valence-electron chi connectivity index (χ4n) is 2.23. The maximum Gasteiger partial charge on any atom is 0.163 e. The summed E-state index contributed by atoms with van der Waals surface area (Å²) >= 11 is 0. The van der Waals surface area contributed by atoms with Gasteiger partial charge in [-0.3, -0.25) is 0 Å². The van der Waals surface area contributed by atoms with Crippen molar-refractivity contribution >= 4 is 0 Å². The van der Waals surface area contributed by atoms with E-state index in [0.717, 1.165) is 19.3 Å². The molecule has 0 aromatic carbocycles. The highest BCUT2D eigenvalue weighted by Crippen LogP contribution is 2.37. The van der Waals surface area contributed by atoms with Crippen LogP contribution in [0.15, 0.2) is 12.7 Å². The number of allylic oxidation sites excluding steroid dienone is 1. The minimum absolute atomic E-state index is 0.0334. The van der Waals surface area contributed by atoms with E-state index in [1.54, 1.807) is 0 Å². The fourth-order valence-corrected chi connectivity index (χ4v) is 2.23. The molecule has 17 heavy (non-hydrogen) atoms. The summed E-state index contributed by atoms with van der Waals surface area (Å²) in [4.78, 5) is 0. The van der Waals surface area contributed by atoms with E-state index in [9.17, 15) is 5.11 Å². The second-order valence-electron chi connectivity index (χ2n) is 5.85. The van der Waals surface area contributed by atoms with Crippen LogP contribution in [0.5, 0.6) is 0 Å². The molecule has 100 valence electrons. The lowest BCUT2D eigenvalue weighted by atomic mass is 9.77. The molecular weight excluding hydrogens is 216 g/mol. The molecule has 0 aliphatic carbocycles. The van der Waals surface area contributed by atoms with Crippen LogP contribution < -0.4 is 0 Å². The molecule has 1 fully saturated rings. The Hall–Kier alpha value is -0.380. The highest BCUT2D eigenvalue weighted by Gasteiger charge is 2.42. The van der Waals surface area contributed by atoms with Crippen molar-refractivity contribution in [3.63, 3.8) is 0 Å². The summed E-state index contributed by atoms with van der Waals surface area (Å²) in [7, 11) is 0. The Kier molecular flexibility index (Phi) is 4.76. The van der Waals surface area contributed by atoms with E-state index in [4.69, 9.17) is 9.47 Å². The zero-order valence-corrected chi connectivity index (χ0v) is 11.5. The predicted octanol–water partition coefficient (Wildman–Crippen LogP) is 2.88. The molecule has 1 rings (SSSR count). The zero-order chi connectivity index (χ0) is 13.1. The quantitative estimate of drug-likeness (QED) is 0.753. The second-order valence-corrected chi connectivity index (χ2v) is 5.85. The van der Waals surface area contributed by atoms with Crippen molar-refractivity contribution < 1.29 is 14.6 Å². The van der Waals surface area contributed by atoms with Gasteiger partial charge in [-0.25, -0.2) is 0 Å². The highest BCUT2D eigenvalue weighted by atomic mass is 16.7. The van der Waals surface area contributed by atoms with E-state index >= 15 is 0 Å². The zero-order valence-electron chi connectivity index (χ0n) is 11.5. The van der Waals surface area contributed by atoms with Crippen molar-refractivity contribution in [3.05, 3.63) is 12.7 Å². The summed E-state index contributed by atoms with van der Waals surface area (Å²) in [6.45, 7) is 12.3. The van der Waals surface area contributed by atoms with Crippen LogP contribution >= 0.6 is 0 Å². The number of rotatable bonds is 5. The number of ether oxygens (including phenoxy) is 2. The average Bonchev–Trinajstić information content (AvgIpc) is 2.24. The Morgan fingerprint density at radius 2 is 2.18 bits per heavy atom. The first-order valence-electron chi connectivity index (χ1n) is 6.40. The number of hydrogen-bond donors (Lipinski definition) is 1. The van der Waals surface area contributed by atoms with Gasteiger partial charge in [0.05, 0.1) is 18.8 Å². The maximum absolute atomic E-state index is 10.3. The molecule has 3 nitrogen and oxygen atoms in total. The van der Waals surface area contributed by atoms with Gasteiger partial charge in [0.1, 0.15) is 0 Å². The number of hydrogen-bond acceptors (Lipinski definition) is 3. The van der Waals surface area contributed by atoms with E-state index in [-0.39, 0.29) is 17.6 Å².